The van der Waals surface area contributed by atoms with Gasteiger partial charge in [-0.15, -0.1) is 0 Å². The zero-order valence-electron chi connectivity index (χ0n) is 14.3. The van der Waals surface area contributed by atoms with Crippen molar-refractivity contribution in [3.05, 3.63) is 66.0 Å². The lowest BCUT2D eigenvalue weighted by Crippen LogP contribution is -2.59. The molecule has 1 aliphatic heterocycles. The molecule has 2 fully saturated rings. The zero-order valence-corrected chi connectivity index (χ0v) is 14.3. The van der Waals surface area contributed by atoms with Gasteiger partial charge in [0.25, 0.3) is 5.91 Å². The van der Waals surface area contributed by atoms with Crippen molar-refractivity contribution in [2.45, 2.75) is 43.7 Å². The van der Waals surface area contributed by atoms with Crippen molar-refractivity contribution < 1.29 is 9.90 Å². The van der Waals surface area contributed by atoms with Crippen molar-refractivity contribution in [1.29, 1.82) is 0 Å². The number of pyridine rings is 1. The number of rotatable bonds is 2. The quantitative estimate of drug-likeness (QED) is 0.915. The lowest BCUT2D eigenvalue weighted by atomic mass is 9.67. The first-order chi connectivity index (χ1) is 12.2. The monoisotopic (exact) mass is 336 g/mol. The number of aromatic nitrogens is 1. The first-order valence-corrected chi connectivity index (χ1v) is 9.20. The lowest BCUT2D eigenvalue weighted by molar-refractivity contribution is -0.113. The molecule has 4 heteroatoms. The standard InChI is InChI=1S/C21H24N2O2/c24-20(16-8-2-1-3-9-16)23-15-13-21(25,19-12-6-7-14-22-19)17-10-4-5-11-18(17)23/h1-3,6-9,12,14,17-18,25H,4-5,10-11,13,15H2/t17-,18-,21-/m1/s1. The van der Waals surface area contributed by atoms with Gasteiger partial charge in [-0.1, -0.05) is 37.1 Å². The van der Waals surface area contributed by atoms with Gasteiger partial charge in [0.1, 0.15) is 5.60 Å². The van der Waals surface area contributed by atoms with E-state index in [0.29, 0.717) is 13.0 Å². The first kappa shape index (κ1) is 16.3. The van der Waals surface area contributed by atoms with Crippen LogP contribution in [0.1, 0.15) is 48.2 Å². The third kappa shape index (κ3) is 2.85. The Morgan fingerprint density at radius 1 is 1.08 bits per heavy atom. The van der Waals surface area contributed by atoms with Crippen molar-refractivity contribution in [1.82, 2.24) is 9.88 Å². The maximum absolute atomic E-state index is 13.0. The molecule has 1 aromatic carbocycles. The molecule has 0 radical (unpaired) electrons. The van der Waals surface area contributed by atoms with Crippen LogP contribution in [0.5, 0.6) is 0 Å². The van der Waals surface area contributed by atoms with Crippen LogP contribution in [0.4, 0.5) is 0 Å². The number of carbonyl (C=O) groups excluding carboxylic acids is 1. The summed E-state index contributed by atoms with van der Waals surface area (Å²) < 4.78 is 0. The molecule has 4 nitrogen and oxygen atoms in total. The van der Waals surface area contributed by atoms with E-state index in [0.717, 1.165) is 36.9 Å². The Kier molecular flexibility index (Phi) is 4.30. The van der Waals surface area contributed by atoms with Crippen LogP contribution < -0.4 is 0 Å². The van der Waals surface area contributed by atoms with E-state index in [-0.39, 0.29) is 17.9 Å². The van der Waals surface area contributed by atoms with E-state index in [4.69, 9.17) is 0 Å². The van der Waals surface area contributed by atoms with E-state index in [9.17, 15) is 9.90 Å². The molecule has 2 aliphatic rings. The van der Waals surface area contributed by atoms with Crippen molar-refractivity contribution in [2.24, 2.45) is 5.92 Å². The molecule has 25 heavy (non-hydrogen) atoms. The second kappa shape index (κ2) is 6.60. The van der Waals surface area contributed by atoms with Crippen LogP contribution in [-0.4, -0.2) is 33.5 Å². The van der Waals surface area contributed by atoms with E-state index in [1.54, 1.807) is 6.20 Å². The van der Waals surface area contributed by atoms with E-state index >= 15 is 0 Å². The van der Waals surface area contributed by atoms with Gasteiger partial charge in [-0.05, 0) is 43.5 Å². The minimum atomic E-state index is -0.931. The SMILES string of the molecule is O=C(c1ccccc1)N1CC[C@](O)(c2ccccn2)[C@@H]2CCCC[C@H]21. The molecule has 1 saturated carbocycles. The van der Waals surface area contributed by atoms with Gasteiger partial charge in [0.15, 0.2) is 0 Å². The van der Waals surface area contributed by atoms with E-state index in [1.165, 1.54) is 0 Å². The van der Waals surface area contributed by atoms with Crippen molar-refractivity contribution in [3.63, 3.8) is 0 Å². The summed E-state index contributed by atoms with van der Waals surface area (Å²) >= 11 is 0. The number of nitrogens with zero attached hydrogens (tertiary/aromatic N) is 2. The summed E-state index contributed by atoms with van der Waals surface area (Å²) in [6.07, 6.45) is 6.40. The van der Waals surface area contributed by atoms with Gasteiger partial charge < -0.3 is 10.0 Å². The highest BCUT2D eigenvalue weighted by molar-refractivity contribution is 5.94. The second-order valence-corrected chi connectivity index (χ2v) is 7.21. The summed E-state index contributed by atoms with van der Waals surface area (Å²) in [6, 6.07) is 15.3. The van der Waals surface area contributed by atoms with Crippen LogP contribution in [0.25, 0.3) is 0 Å². The largest absolute Gasteiger partial charge is 0.383 e. The molecular weight excluding hydrogens is 312 g/mol. The predicted molar refractivity (Wildman–Crippen MR) is 96.0 cm³/mol. The number of likely N-dealkylation sites (tertiary alicyclic amines) is 1. The van der Waals surface area contributed by atoms with Gasteiger partial charge in [0.2, 0.25) is 0 Å². The highest BCUT2D eigenvalue weighted by atomic mass is 16.3. The summed E-state index contributed by atoms with van der Waals surface area (Å²) in [5.41, 5.74) is 0.550. The molecule has 0 bridgehead atoms. The minimum absolute atomic E-state index is 0.0533. The van der Waals surface area contributed by atoms with Crippen molar-refractivity contribution in [2.75, 3.05) is 6.54 Å². The highest BCUT2D eigenvalue weighted by Gasteiger charge is 2.51. The van der Waals surface area contributed by atoms with E-state index in [1.807, 2.05) is 53.4 Å². The molecule has 2 heterocycles. The third-order valence-corrected chi connectivity index (χ3v) is 5.87. The Morgan fingerprint density at radius 2 is 1.84 bits per heavy atom. The summed E-state index contributed by atoms with van der Waals surface area (Å²) in [4.78, 5) is 19.5. The average Bonchev–Trinajstić information content (AvgIpc) is 2.69. The lowest BCUT2D eigenvalue weighted by Gasteiger charge is -2.52. The molecule has 1 aromatic heterocycles. The molecule has 130 valence electrons. The maximum atomic E-state index is 13.0. The molecular formula is C21H24N2O2. The summed E-state index contributed by atoms with van der Waals surface area (Å²) in [5, 5.41) is 11.5. The Hall–Kier alpha value is -2.20. The molecule has 1 N–H and O–H groups in total. The van der Waals surface area contributed by atoms with Gasteiger partial charge in [-0.3, -0.25) is 9.78 Å². The predicted octanol–water partition coefficient (Wildman–Crippen LogP) is 3.37. The zero-order chi connectivity index (χ0) is 17.3. The van der Waals surface area contributed by atoms with Crippen LogP contribution in [0.2, 0.25) is 0 Å². The second-order valence-electron chi connectivity index (χ2n) is 7.21. The number of carbonyl (C=O) groups is 1. The fourth-order valence-electron chi connectivity index (χ4n) is 4.62. The fourth-order valence-corrected chi connectivity index (χ4v) is 4.62. The summed E-state index contributed by atoms with van der Waals surface area (Å²) in [5.74, 6) is 0.137. The minimum Gasteiger partial charge on any atom is -0.383 e. The number of hydrogen-bond acceptors (Lipinski definition) is 3. The van der Waals surface area contributed by atoms with E-state index < -0.39 is 5.60 Å². The van der Waals surface area contributed by atoms with Gasteiger partial charge in [-0.25, -0.2) is 0 Å². The molecule has 0 spiro atoms. The molecule has 1 saturated heterocycles. The van der Waals surface area contributed by atoms with Crippen LogP contribution in [0.3, 0.4) is 0 Å². The highest BCUT2D eigenvalue weighted by Crippen LogP contribution is 2.46. The number of aliphatic hydroxyl groups is 1. The van der Waals surface area contributed by atoms with Gasteiger partial charge in [0, 0.05) is 30.3 Å². The van der Waals surface area contributed by atoms with Gasteiger partial charge in [-0.2, -0.15) is 0 Å². The number of piperidine rings is 1. The van der Waals surface area contributed by atoms with Gasteiger partial charge >= 0.3 is 0 Å². The van der Waals surface area contributed by atoms with Crippen LogP contribution in [-0.2, 0) is 5.60 Å². The molecule has 2 aromatic rings. The number of hydrogen-bond donors (Lipinski definition) is 1. The summed E-state index contributed by atoms with van der Waals surface area (Å²) in [7, 11) is 0. The van der Waals surface area contributed by atoms with Crippen molar-refractivity contribution in [3.8, 4) is 0 Å². The van der Waals surface area contributed by atoms with Crippen LogP contribution in [0.15, 0.2) is 54.7 Å². The molecule has 0 unspecified atom stereocenters. The molecule has 1 amide bonds. The fraction of sp³-hybridized carbons (Fsp3) is 0.429. The van der Waals surface area contributed by atoms with E-state index in [2.05, 4.69) is 4.98 Å². The average molecular weight is 336 g/mol. The smallest absolute Gasteiger partial charge is 0.254 e. The number of fused-ring (bicyclic) bond motifs is 1. The third-order valence-electron chi connectivity index (χ3n) is 5.87. The Balaban J connectivity index is 1.66. The Bertz CT molecular complexity index is 734. The normalized spacial score (nSPS) is 29.1. The number of benzene rings is 1. The Morgan fingerprint density at radius 3 is 2.60 bits per heavy atom. The van der Waals surface area contributed by atoms with Gasteiger partial charge in [0.05, 0.1) is 5.69 Å². The Labute approximate surface area is 148 Å². The van der Waals surface area contributed by atoms with Crippen LogP contribution in [0, 0.1) is 5.92 Å². The topological polar surface area (TPSA) is 53.4 Å². The molecule has 1 aliphatic carbocycles. The molecule has 4 rings (SSSR count). The maximum Gasteiger partial charge on any atom is 0.254 e. The molecule has 3 atom stereocenters. The van der Waals surface area contributed by atoms with Crippen LogP contribution >= 0.6 is 0 Å². The first-order valence-electron chi connectivity index (χ1n) is 9.20. The number of amides is 1. The summed E-state index contributed by atoms with van der Waals surface area (Å²) in [6.45, 7) is 0.571. The van der Waals surface area contributed by atoms with Crippen molar-refractivity contribution >= 4 is 5.91 Å².